The van der Waals surface area contributed by atoms with Crippen LogP contribution in [0.4, 0.5) is 0 Å². The van der Waals surface area contributed by atoms with Crippen LogP contribution in [0.5, 0.6) is 0 Å². The van der Waals surface area contributed by atoms with Gasteiger partial charge in [0.1, 0.15) is 0 Å². The lowest BCUT2D eigenvalue weighted by atomic mass is 9.77. The summed E-state index contributed by atoms with van der Waals surface area (Å²) in [5.74, 6) is 5.72. The molecule has 3 N–H and O–H groups in total. The zero-order valence-electron chi connectivity index (χ0n) is 9.37. The van der Waals surface area contributed by atoms with Gasteiger partial charge in [-0.25, -0.2) is 0 Å². The molecule has 82 valence electrons. The summed E-state index contributed by atoms with van der Waals surface area (Å²) >= 11 is 0. The van der Waals surface area contributed by atoms with E-state index < -0.39 is 0 Å². The molecule has 2 heteroatoms. The summed E-state index contributed by atoms with van der Waals surface area (Å²) in [4.78, 5) is 0. The highest BCUT2D eigenvalue weighted by atomic mass is 15.2. The van der Waals surface area contributed by atoms with Crippen molar-refractivity contribution in [3.63, 3.8) is 0 Å². The molecular formula is C13H20N2. The van der Waals surface area contributed by atoms with E-state index in [9.17, 15) is 0 Å². The molecule has 1 aliphatic carbocycles. The maximum atomic E-state index is 5.72. The Bertz CT molecular complexity index is 302. The minimum absolute atomic E-state index is 0.293. The van der Waals surface area contributed by atoms with E-state index in [0.717, 1.165) is 0 Å². The van der Waals surface area contributed by atoms with Crippen molar-refractivity contribution in [3.05, 3.63) is 35.9 Å². The van der Waals surface area contributed by atoms with Gasteiger partial charge >= 0.3 is 0 Å². The molecule has 0 amide bonds. The molecule has 0 radical (unpaired) electrons. The van der Waals surface area contributed by atoms with E-state index >= 15 is 0 Å². The summed E-state index contributed by atoms with van der Waals surface area (Å²) < 4.78 is 0. The Kier molecular flexibility index (Phi) is 3.08. The standard InChI is InChI=1S/C13H20N2/c1-13(9-5-6-10-13)12(15-14)11-7-3-2-4-8-11/h2-4,7-8,12,15H,5-6,9-10,14H2,1H3. The summed E-state index contributed by atoms with van der Waals surface area (Å²) in [5.41, 5.74) is 4.64. The smallest absolute Gasteiger partial charge is 0.0513 e. The molecular weight excluding hydrogens is 184 g/mol. The van der Waals surface area contributed by atoms with Gasteiger partial charge in [-0.05, 0) is 23.8 Å². The van der Waals surface area contributed by atoms with Gasteiger partial charge in [-0.3, -0.25) is 11.3 Å². The first kappa shape index (κ1) is 10.7. The third kappa shape index (κ3) is 2.06. The van der Waals surface area contributed by atoms with Crippen LogP contribution in [-0.4, -0.2) is 0 Å². The van der Waals surface area contributed by atoms with Crippen LogP contribution in [0.3, 0.4) is 0 Å². The molecule has 1 aromatic carbocycles. The van der Waals surface area contributed by atoms with Gasteiger partial charge in [-0.1, -0.05) is 50.1 Å². The summed E-state index contributed by atoms with van der Waals surface area (Å²) in [6.45, 7) is 2.34. The minimum Gasteiger partial charge on any atom is -0.271 e. The van der Waals surface area contributed by atoms with Crippen molar-refractivity contribution in [1.29, 1.82) is 0 Å². The number of hydrazine groups is 1. The molecule has 0 spiro atoms. The highest BCUT2D eigenvalue weighted by Gasteiger charge is 2.37. The molecule has 0 aromatic heterocycles. The van der Waals surface area contributed by atoms with E-state index in [1.54, 1.807) is 0 Å². The maximum absolute atomic E-state index is 5.72. The highest BCUT2D eigenvalue weighted by molar-refractivity contribution is 5.21. The number of benzene rings is 1. The fraction of sp³-hybridized carbons (Fsp3) is 0.538. The van der Waals surface area contributed by atoms with Crippen molar-refractivity contribution in [3.8, 4) is 0 Å². The quantitative estimate of drug-likeness (QED) is 0.587. The topological polar surface area (TPSA) is 38.0 Å². The Hall–Kier alpha value is -0.860. The lowest BCUT2D eigenvalue weighted by molar-refractivity contribution is 0.225. The van der Waals surface area contributed by atoms with Crippen molar-refractivity contribution in [1.82, 2.24) is 5.43 Å². The van der Waals surface area contributed by atoms with Gasteiger partial charge in [0.15, 0.2) is 0 Å². The van der Waals surface area contributed by atoms with Gasteiger partial charge in [-0.2, -0.15) is 0 Å². The number of hydrogen-bond donors (Lipinski definition) is 2. The fourth-order valence-corrected chi connectivity index (χ4v) is 2.82. The Morgan fingerprint density at radius 2 is 1.80 bits per heavy atom. The molecule has 2 nitrogen and oxygen atoms in total. The van der Waals surface area contributed by atoms with Crippen molar-refractivity contribution in [2.24, 2.45) is 11.3 Å². The lowest BCUT2D eigenvalue weighted by Gasteiger charge is -2.34. The average Bonchev–Trinajstić information content (AvgIpc) is 2.68. The maximum Gasteiger partial charge on any atom is 0.0513 e. The molecule has 2 rings (SSSR count). The van der Waals surface area contributed by atoms with Crippen LogP contribution in [0.1, 0.15) is 44.2 Å². The van der Waals surface area contributed by atoms with Gasteiger partial charge in [-0.15, -0.1) is 0 Å². The lowest BCUT2D eigenvalue weighted by Crippen LogP contribution is -2.38. The average molecular weight is 204 g/mol. The van der Waals surface area contributed by atoms with Crippen LogP contribution in [0.15, 0.2) is 30.3 Å². The van der Waals surface area contributed by atoms with Crippen LogP contribution >= 0.6 is 0 Å². The third-order valence-electron chi connectivity index (χ3n) is 3.74. The Morgan fingerprint density at radius 3 is 2.33 bits per heavy atom. The summed E-state index contributed by atoms with van der Waals surface area (Å²) in [7, 11) is 0. The fourth-order valence-electron chi connectivity index (χ4n) is 2.82. The van der Waals surface area contributed by atoms with E-state index in [2.05, 4.69) is 36.6 Å². The first-order valence-electron chi connectivity index (χ1n) is 5.77. The molecule has 0 heterocycles. The second-order valence-corrected chi connectivity index (χ2v) is 4.87. The van der Waals surface area contributed by atoms with Gasteiger partial charge in [0.05, 0.1) is 6.04 Å². The molecule has 1 fully saturated rings. The molecule has 0 bridgehead atoms. The van der Waals surface area contributed by atoms with Crippen molar-refractivity contribution < 1.29 is 0 Å². The number of nitrogens with one attached hydrogen (secondary N) is 1. The number of hydrogen-bond acceptors (Lipinski definition) is 2. The van der Waals surface area contributed by atoms with Crippen LogP contribution in [0, 0.1) is 5.41 Å². The molecule has 0 saturated heterocycles. The van der Waals surface area contributed by atoms with Crippen LogP contribution in [-0.2, 0) is 0 Å². The van der Waals surface area contributed by atoms with Crippen LogP contribution in [0.2, 0.25) is 0 Å². The monoisotopic (exact) mass is 204 g/mol. The van der Waals surface area contributed by atoms with Crippen LogP contribution in [0.25, 0.3) is 0 Å². The Labute approximate surface area is 91.8 Å². The first-order valence-corrected chi connectivity index (χ1v) is 5.77. The zero-order chi connectivity index (χ0) is 10.7. The van der Waals surface area contributed by atoms with Crippen LogP contribution < -0.4 is 11.3 Å². The Balaban J connectivity index is 2.24. The third-order valence-corrected chi connectivity index (χ3v) is 3.74. The zero-order valence-corrected chi connectivity index (χ0v) is 9.37. The largest absolute Gasteiger partial charge is 0.271 e. The molecule has 1 saturated carbocycles. The van der Waals surface area contributed by atoms with E-state index in [4.69, 9.17) is 5.84 Å². The minimum atomic E-state index is 0.293. The van der Waals surface area contributed by atoms with E-state index in [1.165, 1.54) is 31.2 Å². The summed E-state index contributed by atoms with van der Waals surface area (Å²) in [6, 6.07) is 10.8. The van der Waals surface area contributed by atoms with Gasteiger partial charge in [0, 0.05) is 0 Å². The Morgan fingerprint density at radius 1 is 1.20 bits per heavy atom. The second kappa shape index (κ2) is 4.33. The molecule has 1 unspecified atom stereocenters. The van der Waals surface area contributed by atoms with Gasteiger partial charge < -0.3 is 0 Å². The SMILES string of the molecule is CC1(C(NN)c2ccccc2)CCCC1. The molecule has 1 atom stereocenters. The summed E-state index contributed by atoms with van der Waals surface area (Å²) in [5, 5.41) is 0. The van der Waals surface area contributed by atoms with Crippen molar-refractivity contribution >= 4 is 0 Å². The number of nitrogens with two attached hydrogens (primary N) is 1. The van der Waals surface area contributed by atoms with Gasteiger partial charge in [0.25, 0.3) is 0 Å². The molecule has 0 aliphatic heterocycles. The molecule has 1 aromatic rings. The molecule has 15 heavy (non-hydrogen) atoms. The first-order chi connectivity index (χ1) is 7.26. The predicted octanol–water partition coefficient (Wildman–Crippen LogP) is 2.77. The second-order valence-electron chi connectivity index (χ2n) is 4.87. The molecule has 1 aliphatic rings. The summed E-state index contributed by atoms with van der Waals surface area (Å²) in [6.07, 6.45) is 5.22. The normalized spacial score (nSPS) is 21.5. The van der Waals surface area contributed by atoms with Crippen molar-refractivity contribution in [2.45, 2.75) is 38.6 Å². The van der Waals surface area contributed by atoms with E-state index in [0.29, 0.717) is 11.5 Å². The highest BCUT2D eigenvalue weighted by Crippen LogP contribution is 2.46. The van der Waals surface area contributed by atoms with E-state index in [1.807, 2.05) is 6.07 Å². The van der Waals surface area contributed by atoms with Gasteiger partial charge in [0.2, 0.25) is 0 Å². The predicted molar refractivity (Wildman–Crippen MR) is 63.1 cm³/mol. The number of rotatable bonds is 3. The van der Waals surface area contributed by atoms with Crippen molar-refractivity contribution in [2.75, 3.05) is 0 Å². The van der Waals surface area contributed by atoms with E-state index in [-0.39, 0.29) is 0 Å².